The third-order valence-electron chi connectivity index (χ3n) is 15.9. The zero-order chi connectivity index (χ0) is 46.0. The van der Waals surface area contributed by atoms with Crippen molar-refractivity contribution < 1.29 is 97.9 Å². The molecule has 360 valence electrons. The summed E-state index contributed by atoms with van der Waals surface area (Å²) < 4.78 is 52.8. The topological polar surface area (TPSA) is 296 Å². The van der Waals surface area contributed by atoms with E-state index in [9.17, 15) is 55.2 Å². The number of carbonyl (C=O) groups is 3. The van der Waals surface area contributed by atoms with Gasteiger partial charge in [0.15, 0.2) is 25.0 Å². The Morgan fingerprint density at radius 3 is 2.20 bits per heavy atom. The average molecular weight is 913 g/mol. The first-order valence-electron chi connectivity index (χ1n) is 22.5. The Bertz CT molecular complexity index is 1760. The predicted octanol–water partition coefficient (Wildman–Crippen LogP) is -1.72. The van der Waals surface area contributed by atoms with Gasteiger partial charge in [0.1, 0.15) is 73.9 Å². The van der Waals surface area contributed by atoms with Gasteiger partial charge in [0.25, 0.3) is 0 Å². The molecule has 23 atom stereocenters. The number of aliphatic hydroxyl groups is 8. The summed E-state index contributed by atoms with van der Waals surface area (Å²) in [6.07, 6.45) is -14.9. The quantitative estimate of drug-likeness (QED) is 0.0468. The van der Waals surface area contributed by atoms with Gasteiger partial charge in [-0.15, -0.1) is 0 Å². The molecule has 4 heterocycles. The van der Waals surface area contributed by atoms with Gasteiger partial charge in [-0.25, -0.2) is 4.79 Å². The van der Waals surface area contributed by atoms with Gasteiger partial charge in [-0.3, -0.25) is 4.79 Å². The van der Waals surface area contributed by atoms with Gasteiger partial charge < -0.3 is 88.3 Å². The summed E-state index contributed by atoms with van der Waals surface area (Å²) in [6.45, 7) is 6.26. The summed E-state index contributed by atoms with van der Waals surface area (Å²) in [5.74, 6) is -1.53. The van der Waals surface area contributed by atoms with Gasteiger partial charge in [-0.2, -0.15) is 0 Å². The Morgan fingerprint density at radius 2 is 1.55 bits per heavy atom. The number of esters is 2. The maximum absolute atomic E-state index is 13.4. The summed E-state index contributed by atoms with van der Waals surface area (Å²) in [5.41, 5.74) is 0.0969. The Morgan fingerprint density at radius 1 is 0.844 bits per heavy atom. The molecule has 4 aliphatic carbocycles. The van der Waals surface area contributed by atoms with Crippen molar-refractivity contribution in [2.75, 3.05) is 26.9 Å². The van der Waals surface area contributed by atoms with E-state index in [0.717, 1.165) is 23.9 Å². The molecule has 20 heteroatoms. The molecule has 0 aromatic carbocycles. The zero-order valence-electron chi connectivity index (χ0n) is 36.2. The maximum atomic E-state index is 13.4. The number of fused-ring (bicyclic) bond motifs is 5. The Labute approximate surface area is 370 Å². The van der Waals surface area contributed by atoms with Crippen molar-refractivity contribution in [1.29, 1.82) is 0 Å². The minimum Gasteiger partial charge on any atom is -0.458 e. The largest absolute Gasteiger partial charge is 0.458 e. The van der Waals surface area contributed by atoms with Crippen molar-refractivity contribution in [3.63, 3.8) is 0 Å². The molecule has 0 radical (unpaired) electrons. The van der Waals surface area contributed by atoms with Crippen LogP contribution in [0.25, 0.3) is 0 Å². The highest BCUT2D eigenvalue weighted by Crippen LogP contribution is 2.67. The number of aldehydes is 1. The van der Waals surface area contributed by atoms with Crippen LogP contribution < -0.4 is 0 Å². The molecule has 0 spiro atoms. The van der Waals surface area contributed by atoms with Gasteiger partial charge in [0, 0.05) is 37.4 Å². The number of methoxy groups -OCH3 is 1. The lowest BCUT2D eigenvalue weighted by molar-refractivity contribution is -0.367. The van der Waals surface area contributed by atoms with E-state index < -0.39 is 128 Å². The second-order valence-electron chi connectivity index (χ2n) is 19.2. The maximum Gasteiger partial charge on any atom is 0.331 e. The highest BCUT2D eigenvalue weighted by Gasteiger charge is 2.66. The monoisotopic (exact) mass is 912 g/mol. The molecule has 4 aliphatic heterocycles. The Hall–Kier alpha value is -2.51. The van der Waals surface area contributed by atoms with E-state index in [-0.39, 0.29) is 42.2 Å². The van der Waals surface area contributed by atoms with Gasteiger partial charge in [0.2, 0.25) is 0 Å². The molecule has 64 heavy (non-hydrogen) atoms. The lowest BCUT2D eigenvalue weighted by Gasteiger charge is -2.54. The molecule has 20 nitrogen and oxygen atoms in total. The van der Waals surface area contributed by atoms with Crippen LogP contribution in [0.15, 0.2) is 23.8 Å². The van der Waals surface area contributed by atoms with Crippen LogP contribution in [-0.4, -0.2) is 190 Å². The van der Waals surface area contributed by atoms with Crippen molar-refractivity contribution >= 4 is 18.2 Å². The third-order valence-corrected chi connectivity index (χ3v) is 15.9. The van der Waals surface area contributed by atoms with Crippen LogP contribution in [0.1, 0.15) is 65.2 Å². The Kier molecular flexibility index (Phi) is 14.1. The van der Waals surface area contributed by atoms with E-state index in [1.165, 1.54) is 20.1 Å². The molecule has 0 aromatic rings. The lowest BCUT2D eigenvalue weighted by Crippen LogP contribution is -2.65. The van der Waals surface area contributed by atoms with E-state index >= 15 is 0 Å². The molecule has 3 saturated heterocycles. The number of hydrogen-bond acceptors (Lipinski definition) is 20. The summed E-state index contributed by atoms with van der Waals surface area (Å²) in [4.78, 5) is 37.9. The van der Waals surface area contributed by atoms with Crippen LogP contribution in [0.2, 0.25) is 0 Å². The fraction of sp³-hybridized carbons (Fsp3) is 0.841. The normalized spacial score (nSPS) is 50.4. The van der Waals surface area contributed by atoms with Gasteiger partial charge in [-0.05, 0) is 81.6 Å². The smallest absolute Gasteiger partial charge is 0.331 e. The Balaban J connectivity index is 0.927. The summed E-state index contributed by atoms with van der Waals surface area (Å²) in [5, 5.41) is 85.2. The van der Waals surface area contributed by atoms with E-state index in [1.54, 1.807) is 6.92 Å². The summed E-state index contributed by atoms with van der Waals surface area (Å²) in [6, 6.07) is 0. The molecule has 8 rings (SSSR count). The van der Waals surface area contributed by atoms with Gasteiger partial charge in [0.05, 0.1) is 31.0 Å². The SMILES string of the molecule is C=C1C(C2=CC(=O)OC2)CCC2(O)C1CC1C2CCC2CC(OC3OC(C)C(OC4OC(COC5OC(CO)C(O)C(O)C5O)C(O)C(O)C4O)C(OC)C3OC(C)=O)CCC21C=O. The van der Waals surface area contributed by atoms with Crippen LogP contribution in [0.3, 0.4) is 0 Å². The van der Waals surface area contributed by atoms with E-state index in [1.807, 2.05) is 0 Å². The standard InChI is InChI=1S/C44H64O20/c1-18-24(21-11-30(48)57-15-21)8-10-44(55)25-6-5-22-12-23(7-9-43(22,17-46)27(25)13-26(18)44)61-42-39(60-20(3)47)38(56-4)37(19(2)59-42)64-41-36(54)34(52)32(50)29(63-41)16-58-40-35(53)33(51)31(49)28(14-45)62-40/h11,17,19,22-29,31-42,45,49-55H,1,5-10,12-16H2,2-4H3. The second-order valence-corrected chi connectivity index (χ2v) is 19.2. The molecular weight excluding hydrogens is 848 g/mol. The van der Waals surface area contributed by atoms with Crippen LogP contribution in [0, 0.1) is 35.0 Å². The number of cyclic esters (lactones) is 1. The number of ether oxygens (including phenoxy) is 9. The lowest BCUT2D eigenvalue weighted by atomic mass is 9.51. The molecule has 23 unspecified atom stereocenters. The molecular formula is C44H64O20. The second kappa shape index (κ2) is 18.9. The first-order chi connectivity index (χ1) is 30.5. The highest BCUT2D eigenvalue weighted by atomic mass is 16.8. The van der Waals surface area contributed by atoms with Crippen LogP contribution in [-0.2, 0) is 57.0 Å². The number of carbonyl (C=O) groups excluding carboxylic acids is 3. The number of aliphatic hydroxyl groups excluding tert-OH is 7. The van der Waals surface area contributed by atoms with Crippen molar-refractivity contribution in [2.24, 2.45) is 35.0 Å². The van der Waals surface area contributed by atoms with Gasteiger partial charge in [-0.1, -0.05) is 12.2 Å². The summed E-state index contributed by atoms with van der Waals surface area (Å²) in [7, 11) is 1.36. The van der Waals surface area contributed by atoms with Crippen LogP contribution in [0.4, 0.5) is 0 Å². The van der Waals surface area contributed by atoms with Crippen LogP contribution in [0.5, 0.6) is 0 Å². The minimum absolute atomic E-state index is 0.0580. The fourth-order valence-corrected chi connectivity index (χ4v) is 12.6. The molecule has 8 aliphatic rings. The van der Waals surface area contributed by atoms with E-state index in [0.29, 0.717) is 44.9 Å². The molecule has 0 bridgehead atoms. The first-order valence-corrected chi connectivity index (χ1v) is 22.5. The highest BCUT2D eigenvalue weighted by molar-refractivity contribution is 5.85. The molecule has 8 N–H and O–H groups in total. The minimum atomic E-state index is -1.83. The van der Waals surface area contributed by atoms with E-state index in [2.05, 4.69) is 6.58 Å². The van der Waals surface area contributed by atoms with Crippen molar-refractivity contribution in [1.82, 2.24) is 0 Å². The first kappa shape index (κ1) is 48.0. The van der Waals surface area contributed by atoms with Crippen LogP contribution >= 0.6 is 0 Å². The number of hydrogen-bond donors (Lipinski definition) is 8. The van der Waals surface area contributed by atoms with Gasteiger partial charge >= 0.3 is 11.9 Å². The number of rotatable bonds is 12. The fourth-order valence-electron chi connectivity index (χ4n) is 12.6. The predicted molar refractivity (Wildman–Crippen MR) is 213 cm³/mol. The molecule has 4 saturated carbocycles. The van der Waals surface area contributed by atoms with E-state index in [4.69, 9.17) is 42.6 Å². The van der Waals surface area contributed by atoms with Crippen molar-refractivity contribution in [2.45, 2.75) is 169 Å². The third kappa shape index (κ3) is 8.42. The zero-order valence-corrected chi connectivity index (χ0v) is 36.2. The molecule has 0 aromatic heterocycles. The molecule has 7 fully saturated rings. The van der Waals surface area contributed by atoms with Crippen molar-refractivity contribution in [3.8, 4) is 0 Å². The van der Waals surface area contributed by atoms with Crippen molar-refractivity contribution in [3.05, 3.63) is 23.8 Å². The molecule has 0 amide bonds. The average Bonchev–Trinajstić information content (AvgIpc) is 3.85. The summed E-state index contributed by atoms with van der Waals surface area (Å²) >= 11 is 0.